The Morgan fingerprint density at radius 3 is 2.33 bits per heavy atom. The minimum absolute atomic E-state index is 0.0109. The Balaban J connectivity index is 1.76. The molecule has 0 aromatic heterocycles. The minimum Gasteiger partial charge on any atom is -0.480 e. The van der Waals surface area contributed by atoms with Crippen LogP contribution < -0.4 is 10.1 Å². The number of benzene rings is 3. The monoisotopic (exact) mass is 361 g/mol. The SMILES string of the molecule is CC[C@H](NC(=O)[C@@H](CC)Oc1cccc2ccccc12)c1ccc(C)cc1. The predicted molar refractivity (Wildman–Crippen MR) is 111 cm³/mol. The Bertz CT molecular complexity index is 896. The Hall–Kier alpha value is -2.81. The standard InChI is InChI=1S/C24H27NO2/c1-4-21(19-15-13-17(3)14-16-19)25-24(26)22(5-2)27-23-12-8-10-18-9-6-7-11-20(18)23/h6-16,21-22H,4-5H2,1-3H3,(H,25,26)/t21-,22+/m0/s1. The molecule has 140 valence electrons. The number of amides is 1. The van der Waals surface area contributed by atoms with Gasteiger partial charge in [0.1, 0.15) is 5.75 Å². The fraction of sp³-hybridized carbons (Fsp3) is 0.292. The van der Waals surface area contributed by atoms with E-state index in [9.17, 15) is 4.79 Å². The number of hydrogen-bond acceptors (Lipinski definition) is 2. The van der Waals surface area contributed by atoms with Gasteiger partial charge in [0.05, 0.1) is 6.04 Å². The summed E-state index contributed by atoms with van der Waals surface area (Å²) in [6.07, 6.45) is 0.925. The third kappa shape index (κ3) is 4.48. The molecule has 0 bridgehead atoms. The number of carbonyl (C=O) groups excluding carboxylic acids is 1. The molecular formula is C24H27NO2. The van der Waals surface area contributed by atoms with Gasteiger partial charge in [-0.2, -0.15) is 0 Å². The van der Waals surface area contributed by atoms with Gasteiger partial charge in [-0.3, -0.25) is 4.79 Å². The number of hydrogen-bond donors (Lipinski definition) is 1. The lowest BCUT2D eigenvalue weighted by Gasteiger charge is -2.23. The van der Waals surface area contributed by atoms with E-state index in [0.29, 0.717) is 6.42 Å². The van der Waals surface area contributed by atoms with Gasteiger partial charge in [0.2, 0.25) is 0 Å². The molecule has 3 aromatic rings. The van der Waals surface area contributed by atoms with Crippen molar-refractivity contribution in [2.24, 2.45) is 0 Å². The molecule has 3 nitrogen and oxygen atoms in total. The van der Waals surface area contributed by atoms with Crippen LogP contribution in [-0.4, -0.2) is 12.0 Å². The van der Waals surface area contributed by atoms with Crippen molar-refractivity contribution >= 4 is 16.7 Å². The van der Waals surface area contributed by atoms with Gasteiger partial charge >= 0.3 is 0 Å². The summed E-state index contributed by atoms with van der Waals surface area (Å²) >= 11 is 0. The van der Waals surface area contributed by atoms with Crippen LogP contribution in [0.5, 0.6) is 5.75 Å². The maximum atomic E-state index is 12.9. The van der Waals surface area contributed by atoms with Crippen LogP contribution in [0.25, 0.3) is 10.8 Å². The fourth-order valence-electron chi connectivity index (χ4n) is 3.26. The molecule has 3 rings (SSSR count). The van der Waals surface area contributed by atoms with E-state index in [1.807, 2.05) is 49.4 Å². The average molecular weight is 361 g/mol. The molecule has 0 unspecified atom stereocenters. The summed E-state index contributed by atoms with van der Waals surface area (Å²) in [5.41, 5.74) is 2.34. The first-order valence-electron chi connectivity index (χ1n) is 9.63. The van der Waals surface area contributed by atoms with Gasteiger partial charge in [-0.1, -0.05) is 80.1 Å². The lowest BCUT2D eigenvalue weighted by Crippen LogP contribution is -2.40. The van der Waals surface area contributed by atoms with Crippen LogP contribution in [0.15, 0.2) is 66.7 Å². The molecule has 3 aromatic carbocycles. The third-order valence-corrected chi connectivity index (χ3v) is 4.89. The molecule has 0 aliphatic carbocycles. The lowest BCUT2D eigenvalue weighted by atomic mass is 10.0. The van der Waals surface area contributed by atoms with Gasteiger partial charge in [-0.25, -0.2) is 0 Å². The van der Waals surface area contributed by atoms with Crippen molar-refractivity contribution in [2.75, 3.05) is 0 Å². The minimum atomic E-state index is -0.518. The summed E-state index contributed by atoms with van der Waals surface area (Å²) in [5.74, 6) is 0.677. The van der Waals surface area contributed by atoms with Gasteiger partial charge in [0.25, 0.3) is 5.91 Å². The summed E-state index contributed by atoms with van der Waals surface area (Å²) in [6, 6.07) is 22.3. The molecule has 1 N–H and O–H groups in total. The molecule has 0 aliphatic heterocycles. The molecule has 0 radical (unpaired) electrons. The predicted octanol–water partition coefficient (Wildman–Crippen LogP) is 5.57. The van der Waals surface area contributed by atoms with E-state index in [-0.39, 0.29) is 11.9 Å². The van der Waals surface area contributed by atoms with Crippen LogP contribution in [0.3, 0.4) is 0 Å². The summed E-state index contributed by atoms with van der Waals surface area (Å²) in [7, 11) is 0. The van der Waals surface area contributed by atoms with Gasteiger partial charge in [-0.05, 0) is 36.8 Å². The molecule has 27 heavy (non-hydrogen) atoms. The second-order valence-electron chi connectivity index (χ2n) is 6.87. The fourth-order valence-corrected chi connectivity index (χ4v) is 3.26. The van der Waals surface area contributed by atoms with E-state index in [2.05, 4.69) is 43.4 Å². The van der Waals surface area contributed by atoms with Crippen molar-refractivity contribution in [3.63, 3.8) is 0 Å². The highest BCUT2D eigenvalue weighted by Crippen LogP contribution is 2.27. The van der Waals surface area contributed by atoms with Crippen LogP contribution in [-0.2, 0) is 4.79 Å². The quantitative estimate of drug-likeness (QED) is 0.597. The number of fused-ring (bicyclic) bond motifs is 1. The summed E-state index contributed by atoms with van der Waals surface area (Å²) in [6.45, 7) is 6.12. The van der Waals surface area contributed by atoms with Crippen LogP contribution in [0.2, 0.25) is 0 Å². The molecule has 0 fully saturated rings. The number of aryl methyl sites for hydroxylation is 1. The Morgan fingerprint density at radius 2 is 1.63 bits per heavy atom. The van der Waals surface area contributed by atoms with Gasteiger partial charge in [0.15, 0.2) is 6.10 Å². The van der Waals surface area contributed by atoms with E-state index in [0.717, 1.165) is 28.5 Å². The Kier molecular flexibility index (Phi) is 6.12. The van der Waals surface area contributed by atoms with Crippen LogP contribution in [0.1, 0.15) is 43.9 Å². The molecular weight excluding hydrogens is 334 g/mol. The lowest BCUT2D eigenvalue weighted by molar-refractivity contribution is -0.128. The topological polar surface area (TPSA) is 38.3 Å². The second kappa shape index (κ2) is 8.72. The molecule has 2 atom stereocenters. The maximum absolute atomic E-state index is 12.9. The number of ether oxygens (including phenoxy) is 1. The van der Waals surface area contributed by atoms with E-state index in [1.54, 1.807) is 0 Å². The molecule has 1 amide bonds. The van der Waals surface area contributed by atoms with Crippen LogP contribution in [0, 0.1) is 6.92 Å². The highest BCUT2D eigenvalue weighted by molar-refractivity contribution is 5.89. The van der Waals surface area contributed by atoms with Crippen molar-refractivity contribution in [3.05, 3.63) is 77.9 Å². The van der Waals surface area contributed by atoms with Crippen molar-refractivity contribution < 1.29 is 9.53 Å². The van der Waals surface area contributed by atoms with E-state index < -0.39 is 6.10 Å². The summed E-state index contributed by atoms with van der Waals surface area (Å²) in [5, 5.41) is 5.29. The highest BCUT2D eigenvalue weighted by Gasteiger charge is 2.22. The molecule has 0 spiro atoms. The number of nitrogens with one attached hydrogen (secondary N) is 1. The molecule has 3 heteroatoms. The number of rotatable bonds is 7. The Morgan fingerprint density at radius 1 is 0.926 bits per heavy atom. The first-order chi connectivity index (χ1) is 13.1. The van der Waals surface area contributed by atoms with Gasteiger partial charge in [-0.15, -0.1) is 0 Å². The smallest absolute Gasteiger partial charge is 0.261 e. The van der Waals surface area contributed by atoms with E-state index in [1.165, 1.54) is 5.56 Å². The molecule has 0 aliphatic rings. The average Bonchev–Trinajstić information content (AvgIpc) is 2.70. The summed E-state index contributed by atoms with van der Waals surface area (Å²) < 4.78 is 6.13. The number of carbonyl (C=O) groups is 1. The van der Waals surface area contributed by atoms with Gasteiger partial charge < -0.3 is 10.1 Å². The highest BCUT2D eigenvalue weighted by atomic mass is 16.5. The van der Waals surface area contributed by atoms with Crippen molar-refractivity contribution in [3.8, 4) is 5.75 Å². The summed E-state index contributed by atoms with van der Waals surface area (Å²) in [4.78, 5) is 12.9. The second-order valence-corrected chi connectivity index (χ2v) is 6.87. The molecule has 0 saturated carbocycles. The Labute approximate surface area is 161 Å². The molecule has 0 saturated heterocycles. The van der Waals surface area contributed by atoms with Crippen LogP contribution >= 0.6 is 0 Å². The zero-order valence-electron chi connectivity index (χ0n) is 16.2. The first kappa shape index (κ1) is 19.0. The van der Waals surface area contributed by atoms with Crippen molar-refractivity contribution in [1.82, 2.24) is 5.32 Å². The van der Waals surface area contributed by atoms with Crippen molar-refractivity contribution in [2.45, 2.75) is 45.8 Å². The largest absolute Gasteiger partial charge is 0.480 e. The zero-order chi connectivity index (χ0) is 19.2. The van der Waals surface area contributed by atoms with E-state index in [4.69, 9.17) is 4.74 Å². The third-order valence-electron chi connectivity index (χ3n) is 4.89. The zero-order valence-corrected chi connectivity index (χ0v) is 16.2. The maximum Gasteiger partial charge on any atom is 0.261 e. The first-order valence-corrected chi connectivity index (χ1v) is 9.63. The van der Waals surface area contributed by atoms with Crippen LogP contribution in [0.4, 0.5) is 0 Å². The molecule has 0 heterocycles. The van der Waals surface area contributed by atoms with E-state index >= 15 is 0 Å². The van der Waals surface area contributed by atoms with Crippen molar-refractivity contribution in [1.29, 1.82) is 0 Å². The van der Waals surface area contributed by atoms with Gasteiger partial charge in [0, 0.05) is 5.39 Å². The normalized spacial score (nSPS) is 13.1.